The number of hydrogen-bond donors (Lipinski definition) is 0. The highest BCUT2D eigenvalue weighted by molar-refractivity contribution is 5.52. The van der Waals surface area contributed by atoms with E-state index in [-0.39, 0.29) is 29.1 Å². The van der Waals surface area contributed by atoms with E-state index >= 15 is 17.6 Å². The summed E-state index contributed by atoms with van der Waals surface area (Å²) < 4.78 is 81.5. The first-order valence-corrected chi connectivity index (χ1v) is 12.8. The van der Waals surface area contributed by atoms with Crippen molar-refractivity contribution >= 4 is 0 Å². The van der Waals surface area contributed by atoms with Crippen molar-refractivity contribution in [3.05, 3.63) is 87.8 Å². The highest BCUT2D eigenvalue weighted by Gasteiger charge is 2.54. The van der Waals surface area contributed by atoms with E-state index in [4.69, 9.17) is 4.74 Å². The lowest BCUT2D eigenvalue weighted by molar-refractivity contribution is 0.0634. The number of fused-ring (bicyclic) bond motifs is 3. The maximum atomic E-state index is 15.6. The Morgan fingerprint density at radius 1 is 0.944 bits per heavy atom. The van der Waals surface area contributed by atoms with Crippen LogP contribution in [0.25, 0.3) is 0 Å². The largest absolute Gasteiger partial charge is 0.486 e. The first kappa shape index (κ1) is 26.4. The molecule has 0 fully saturated rings. The van der Waals surface area contributed by atoms with Crippen LogP contribution < -0.4 is 4.74 Å². The fraction of sp³-hybridized carbons (Fsp3) is 0.467. The van der Waals surface area contributed by atoms with Gasteiger partial charge in [-0.2, -0.15) is 0 Å². The van der Waals surface area contributed by atoms with Crippen LogP contribution in [0.15, 0.2) is 53.9 Å². The molecule has 0 spiro atoms. The molecule has 2 aromatic carbocycles. The van der Waals surface area contributed by atoms with Crippen LogP contribution in [0.1, 0.15) is 74.9 Å². The Bertz CT molecular complexity index is 1170. The van der Waals surface area contributed by atoms with Gasteiger partial charge < -0.3 is 4.74 Å². The van der Waals surface area contributed by atoms with Gasteiger partial charge in [0.2, 0.25) is 0 Å². The molecule has 6 heteroatoms. The van der Waals surface area contributed by atoms with Crippen LogP contribution in [0.4, 0.5) is 22.0 Å². The minimum atomic E-state index is -2.29. The summed E-state index contributed by atoms with van der Waals surface area (Å²) in [6, 6.07) is 7.86. The van der Waals surface area contributed by atoms with E-state index in [1.807, 2.05) is 6.92 Å². The summed E-state index contributed by atoms with van der Waals surface area (Å²) in [5.41, 5.74) is -0.118. The number of hydrogen-bond acceptors (Lipinski definition) is 1. The van der Waals surface area contributed by atoms with Crippen LogP contribution in [-0.4, -0.2) is 12.8 Å². The smallest absolute Gasteiger partial charge is 0.165 e. The van der Waals surface area contributed by atoms with Gasteiger partial charge in [0.25, 0.3) is 0 Å². The van der Waals surface area contributed by atoms with Crippen LogP contribution in [0.2, 0.25) is 0 Å². The predicted molar refractivity (Wildman–Crippen MR) is 132 cm³/mol. The molecule has 4 unspecified atom stereocenters. The second-order valence-corrected chi connectivity index (χ2v) is 10.1. The zero-order valence-electron chi connectivity index (χ0n) is 21.0. The summed E-state index contributed by atoms with van der Waals surface area (Å²) in [7, 11) is 0. The summed E-state index contributed by atoms with van der Waals surface area (Å²) in [6.07, 6.45) is 3.41. The summed E-state index contributed by atoms with van der Waals surface area (Å²) in [5.74, 6) is -3.64. The average molecular weight is 505 g/mol. The van der Waals surface area contributed by atoms with Crippen molar-refractivity contribution in [2.45, 2.75) is 77.1 Å². The number of allylic oxidation sites excluding steroid dienone is 2. The fourth-order valence-electron chi connectivity index (χ4n) is 5.48. The molecular weight excluding hydrogens is 471 g/mol. The van der Waals surface area contributed by atoms with Gasteiger partial charge in [-0.3, -0.25) is 0 Å². The summed E-state index contributed by atoms with van der Waals surface area (Å²) in [5, 5.41) is 0. The van der Waals surface area contributed by atoms with E-state index < -0.39 is 41.1 Å². The lowest BCUT2D eigenvalue weighted by atomic mass is 9.60. The number of ether oxygens (including phenoxy) is 1. The van der Waals surface area contributed by atoms with Gasteiger partial charge in [0.1, 0.15) is 24.4 Å². The number of rotatable bonds is 9. The molecule has 2 aromatic rings. The molecule has 4 atom stereocenters. The second-order valence-electron chi connectivity index (χ2n) is 10.1. The normalized spacial score (nSPS) is 25.1. The summed E-state index contributed by atoms with van der Waals surface area (Å²) in [4.78, 5) is 0. The Labute approximate surface area is 210 Å². The van der Waals surface area contributed by atoms with Crippen LogP contribution in [0.3, 0.4) is 0 Å². The molecule has 2 aliphatic rings. The Kier molecular flexibility index (Phi) is 7.91. The van der Waals surface area contributed by atoms with E-state index in [1.54, 1.807) is 31.2 Å². The van der Waals surface area contributed by atoms with Crippen molar-refractivity contribution in [2.75, 3.05) is 6.61 Å². The van der Waals surface area contributed by atoms with Crippen LogP contribution >= 0.6 is 0 Å². The average Bonchev–Trinajstić information content (AvgIpc) is 2.85. The van der Waals surface area contributed by atoms with Gasteiger partial charge in [-0.25, -0.2) is 22.0 Å². The molecule has 0 aromatic heterocycles. The SMILES string of the molecule is CCCCCc1ccc(OCC2=C(F)C3C(F)C(F)c4c(ccc(CCC)c4F)C3(C)C=C2)c(F)c1. The standard InChI is InChI=1S/C30H33F5O/c1-4-6-7-9-18-10-13-23(22(31)16-18)36-17-20-14-15-30(3)21-12-11-19(8-5-2)26(32)24(21)28(34)29(35)25(30)27(20)33/h10-16,25,28-29H,4-9,17H2,1-3H3. The molecule has 1 nitrogen and oxygen atoms in total. The molecule has 0 amide bonds. The van der Waals surface area contributed by atoms with Crippen molar-refractivity contribution in [1.82, 2.24) is 0 Å². The first-order chi connectivity index (χ1) is 17.2. The van der Waals surface area contributed by atoms with Crippen molar-refractivity contribution in [2.24, 2.45) is 5.92 Å². The van der Waals surface area contributed by atoms with Gasteiger partial charge in [-0.1, -0.05) is 70.4 Å². The van der Waals surface area contributed by atoms with Crippen molar-refractivity contribution in [1.29, 1.82) is 0 Å². The minimum Gasteiger partial charge on any atom is -0.486 e. The van der Waals surface area contributed by atoms with Crippen molar-refractivity contribution in [3.63, 3.8) is 0 Å². The lowest BCUT2D eigenvalue weighted by Crippen LogP contribution is -2.46. The predicted octanol–water partition coefficient (Wildman–Crippen LogP) is 8.76. The maximum absolute atomic E-state index is 15.6. The van der Waals surface area contributed by atoms with Gasteiger partial charge in [-0.05, 0) is 48.1 Å². The Morgan fingerprint density at radius 3 is 2.42 bits per heavy atom. The molecule has 194 valence electrons. The number of aryl methyl sites for hydroxylation is 2. The Morgan fingerprint density at radius 2 is 1.72 bits per heavy atom. The molecule has 0 heterocycles. The van der Waals surface area contributed by atoms with Crippen LogP contribution in [0, 0.1) is 17.6 Å². The third kappa shape index (κ3) is 4.71. The second kappa shape index (κ2) is 10.8. The molecule has 4 rings (SSSR count). The summed E-state index contributed by atoms with van der Waals surface area (Å²) in [6.45, 7) is 5.24. The molecule has 0 aliphatic heterocycles. The molecule has 0 radical (unpaired) electrons. The molecule has 2 aliphatic carbocycles. The first-order valence-electron chi connectivity index (χ1n) is 12.8. The monoisotopic (exact) mass is 504 g/mol. The summed E-state index contributed by atoms with van der Waals surface area (Å²) >= 11 is 0. The van der Waals surface area contributed by atoms with E-state index in [1.165, 1.54) is 18.2 Å². The van der Waals surface area contributed by atoms with E-state index in [0.717, 1.165) is 31.2 Å². The van der Waals surface area contributed by atoms with Gasteiger partial charge in [0, 0.05) is 16.6 Å². The van der Waals surface area contributed by atoms with Gasteiger partial charge >= 0.3 is 0 Å². The van der Waals surface area contributed by atoms with Gasteiger partial charge in [-0.15, -0.1) is 0 Å². The molecule has 0 N–H and O–H groups in total. The zero-order chi connectivity index (χ0) is 26.0. The third-order valence-electron chi connectivity index (χ3n) is 7.54. The molecule has 36 heavy (non-hydrogen) atoms. The van der Waals surface area contributed by atoms with Crippen molar-refractivity contribution in [3.8, 4) is 5.75 Å². The number of halogens is 5. The Balaban J connectivity index is 1.58. The van der Waals surface area contributed by atoms with Gasteiger partial charge in [0.05, 0.1) is 5.92 Å². The quantitative estimate of drug-likeness (QED) is 0.245. The van der Waals surface area contributed by atoms with Crippen LogP contribution in [0.5, 0.6) is 5.75 Å². The number of unbranched alkanes of at least 4 members (excludes halogenated alkanes) is 2. The highest BCUT2D eigenvalue weighted by Crippen LogP contribution is 2.55. The van der Waals surface area contributed by atoms with E-state index in [0.29, 0.717) is 18.4 Å². The fourth-order valence-corrected chi connectivity index (χ4v) is 5.48. The van der Waals surface area contributed by atoms with E-state index in [9.17, 15) is 4.39 Å². The molecule has 0 saturated carbocycles. The molecule has 0 saturated heterocycles. The molecular formula is C30H33F5O. The third-order valence-corrected chi connectivity index (χ3v) is 7.54. The van der Waals surface area contributed by atoms with E-state index in [2.05, 4.69) is 6.92 Å². The Hall–Kier alpha value is -2.63. The van der Waals surface area contributed by atoms with Crippen molar-refractivity contribution < 1.29 is 26.7 Å². The topological polar surface area (TPSA) is 9.23 Å². The number of benzene rings is 2. The number of alkyl halides is 2. The highest BCUT2D eigenvalue weighted by atomic mass is 19.2. The van der Waals surface area contributed by atoms with Crippen LogP contribution in [-0.2, 0) is 18.3 Å². The maximum Gasteiger partial charge on any atom is 0.165 e. The molecule has 0 bridgehead atoms. The zero-order valence-corrected chi connectivity index (χ0v) is 21.0. The minimum absolute atomic E-state index is 0.0188. The van der Waals surface area contributed by atoms with Gasteiger partial charge in [0.15, 0.2) is 17.7 Å². The lowest BCUT2D eigenvalue weighted by Gasteiger charge is -2.46.